The molecule has 0 saturated heterocycles. The van der Waals surface area contributed by atoms with Gasteiger partial charge in [0.1, 0.15) is 24.7 Å². The van der Waals surface area contributed by atoms with Gasteiger partial charge in [0.25, 0.3) is 0 Å². The number of fused-ring (bicyclic) bond motifs is 1. The van der Waals surface area contributed by atoms with Crippen molar-refractivity contribution >= 4 is 16.7 Å². The van der Waals surface area contributed by atoms with Gasteiger partial charge < -0.3 is 18.9 Å². The summed E-state index contributed by atoms with van der Waals surface area (Å²) in [7, 11) is 0. The topological polar surface area (TPSA) is 54.0 Å². The number of rotatable bonds is 12. The van der Waals surface area contributed by atoms with Gasteiger partial charge in [0.15, 0.2) is 0 Å². The Bertz CT molecular complexity index is 952. The molecule has 0 saturated carbocycles. The molecule has 0 atom stereocenters. The molecule has 0 radical (unpaired) electrons. The van der Waals surface area contributed by atoms with Crippen molar-refractivity contribution in [2.24, 2.45) is 0 Å². The molecule has 0 bridgehead atoms. The quantitative estimate of drug-likeness (QED) is 0.250. The summed E-state index contributed by atoms with van der Waals surface area (Å²) in [6, 6.07) is 22.2. The van der Waals surface area contributed by atoms with E-state index in [0.717, 1.165) is 34.8 Å². The van der Waals surface area contributed by atoms with Gasteiger partial charge in [-0.3, -0.25) is 0 Å². The molecule has 0 amide bonds. The van der Waals surface area contributed by atoms with Crippen LogP contribution in [0, 0.1) is 0 Å². The van der Waals surface area contributed by atoms with Crippen LogP contribution in [0.25, 0.3) is 10.8 Å². The maximum absolute atomic E-state index is 10.9. The highest BCUT2D eigenvalue weighted by molar-refractivity contribution is 5.89. The van der Waals surface area contributed by atoms with Crippen LogP contribution in [0.4, 0.5) is 0 Å². The highest BCUT2D eigenvalue weighted by Crippen LogP contribution is 2.29. The average Bonchev–Trinajstić information content (AvgIpc) is 2.79. The van der Waals surface area contributed by atoms with Gasteiger partial charge in [-0.25, -0.2) is 4.79 Å². The minimum absolute atomic E-state index is 0.202. The lowest BCUT2D eigenvalue weighted by Crippen LogP contribution is -2.12. The Labute approximate surface area is 176 Å². The second-order valence-electron chi connectivity index (χ2n) is 6.56. The van der Waals surface area contributed by atoms with Crippen LogP contribution in [0.3, 0.4) is 0 Å². The van der Waals surface area contributed by atoms with E-state index >= 15 is 0 Å². The molecule has 5 heteroatoms. The fraction of sp³-hybridized carbons (Fsp3) is 0.240. The van der Waals surface area contributed by atoms with Crippen LogP contribution in [0.1, 0.15) is 5.56 Å². The van der Waals surface area contributed by atoms with Crippen molar-refractivity contribution in [3.8, 4) is 11.5 Å². The predicted molar refractivity (Wildman–Crippen MR) is 117 cm³/mol. The van der Waals surface area contributed by atoms with E-state index in [0.29, 0.717) is 26.4 Å². The van der Waals surface area contributed by atoms with Crippen LogP contribution in [0.15, 0.2) is 79.4 Å². The van der Waals surface area contributed by atoms with Crippen LogP contribution in [-0.4, -0.2) is 39.0 Å². The number of ether oxygens (including phenoxy) is 4. The van der Waals surface area contributed by atoms with Gasteiger partial charge in [-0.1, -0.05) is 49.0 Å². The summed E-state index contributed by atoms with van der Waals surface area (Å²) in [4.78, 5) is 10.9. The minimum Gasteiger partial charge on any atom is -0.493 e. The van der Waals surface area contributed by atoms with Crippen LogP contribution >= 0.6 is 0 Å². The highest BCUT2D eigenvalue weighted by Gasteiger charge is 2.04. The highest BCUT2D eigenvalue weighted by atomic mass is 16.6. The Morgan fingerprint density at radius 1 is 0.833 bits per heavy atom. The summed E-state index contributed by atoms with van der Waals surface area (Å²) in [6.45, 7) is 5.31. The molecule has 3 aromatic rings. The zero-order valence-electron chi connectivity index (χ0n) is 16.9. The number of hydrogen-bond acceptors (Lipinski definition) is 5. The van der Waals surface area contributed by atoms with Crippen LogP contribution in [-0.2, 0) is 20.7 Å². The van der Waals surface area contributed by atoms with Gasteiger partial charge >= 0.3 is 5.97 Å². The van der Waals surface area contributed by atoms with Crippen molar-refractivity contribution in [3.05, 3.63) is 84.9 Å². The number of hydrogen-bond donors (Lipinski definition) is 0. The Morgan fingerprint density at radius 3 is 2.50 bits per heavy atom. The molecule has 3 aromatic carbocycles. The summed E-state index contributed by atoms with van der Waals surface area (Å²) in [6.07, 6.45) is 1.99. The largest absolute Gasteiger partial charge is 0.493 e. The predicted octanol–water partition coefficient (Wildman–Crippen LogP) is 4.59. The number of benzene rings is 3. The summed E-state index contributed by atoms with van der Waals surface area (Å²) in [5.41, 5.74) is 1.26. The molecule has 0 N–H and O–H groups in total. The Morgan fingerprint density at radius 2 is 1.67 bits per heavy atom. The molecular weight excluding hydrogens is 380 g/mol. The maximum Gasteiger partial charge on any atom is 0.330 e. The Hall–Kier alpha value is -3.31. The molecule has 30 heavy (non-hydrogen) atoms. The first-order valence-corrected chi connectivity index (χ1v) is 9.95. The first-order valence-electron chi connectivity index (χ1n) is 9.95. The van der Waals surface area contributed by atoms with Crippen molar-refractivity contribution in [2.75, 3.05) is 33.0 Å². The fourth-order valence-corrected chi connectivity index (χ4v) is 2.95. The molecule has 156 valence electrons. The zero-order valence-corrected chi connectivity index (χ0v) is 16.9. The molecule has 0 fully saturated rings. The molecular formula is C25H26O5. The molecule has 0 aromatic heterocycles. The van der Waals surface area contributed by atoms with Gasteiger partial charge in [0, 0.05) is 17.9 Å². The first kappa shape index (κ1) is 21.4. The SMILES string of the molecule is C=CC(=O)OCCOCCOc1ccc2c(OCCc3ccccc3)cccc2c1. The second kappa shape index (κ2) is 11.6. The van der Waals surface area contributed by atoms with Gasteiger partial charge in [-0.15, -0.1) is 0 Å². The molecule has 0 aliphatic carbocycles. The minimum atomic E-state index is -0.450. The third kappa shape index (κ3) is 6.64. The second-order valence-corrected chi connectivity index (χ2v) is 6.56. The number of carbonyl (C=O) groups excluding carboxylic acids is 1. The number of esters is 1. The van der Waals surface area contributed by atoms with E-state index in [1.54, 1.807) is 0 Å². The van der Waals surface area contributed by atoms with E-state index in [1.165, 1.54) is 5.56 Å². The van der Waals surface area contributed by atoms with Gasteiger partial charge in [-0.2, -0.15) is 0 Å². The molecule has 3 rings (SSSR count). The van der Waals surface area contributed by atoms with E-state index in [9.17, 15) is 4.79 Å². The number of carbonyl (C=O) groups is 1. The van der Waals surface area contributed by atoms with E-state index in [2.05, 4.69) is 18.7 Å². The lowest BCUT2D eigenvalue weighted by molar-refractivity contribution is -0.139. The molecule has 0 heterocycles. The lowest BCUT2D eigenvalue weighted by Gasteiger charge is -2.11. The molecule has 0 aliphatic rings. The van der Waals surface area contributed by atoms with E-state index < -0.39 is 5.97 Å². The molecule has 0 spiro atoms. The van der Waals surface area contributed by atoms with E-state index in [4.69, 9.17) is 18.9 Å². The summed E-state index contributed by atoms with van der Waals surface area (Å²) >= 11 is 0. The van der Waals surface area contributed by atoms with Gasteiger partial charge in [-0.05, 0) is 35.2 Å². The average molecular weight is 406 g/mol. The van der Waals surface area contributed by atoms with Crippen molar-refractivity contribution in [2.45, 2.75) is 6.42 Å². The van der Waals surface area contributed by atoms with Crippen LogP contribution in [0.2, 0.25) is 0 Å². The maximum atomic E-state index is 10.9. The third-order valence-electron chi connectivity index (χ3n) is 4.44. The normalized spacial score (nSPS) is 10.5. The van der Waals surface area contributed by atoms with Gasteiger partial charge in [0.2, 0.25) is 0 Å². The lowest BCUT2D eigenvalue weighted by atomic mass is 10.1. The summed E-state index contributed by atoms with van der Waals surface area (Å²) < 4.78 is 22.0. The monoisotopic (exact) mass is 406 g/mol. The molecule has 5 nitrogen and oxygen atoms in total. The molecule has 0 aliphatic heterocycles. The van der Waals surface area contributed by atoms with E-state index in [1.807, 2.05) is 54.6 Å². The standard InChI is InChI=1S/C25H26O5/c1-2-25(26)30-18-16-27-15-17-28-22-11-12-23-21(19-22)9-6-10-24(23)29-14-13-20-7-4-3-5-8-20/h2-12,19H,1,13-18H2. The van der Waals surface area contributed by atoms with Crippen molar-refractivity contribution in [1.82, 2.24) is 0 Å². The Balaban J connectivity index is 1.45. The molecule has 0 unspecified atom stereocenters. The zero-order chi connectivity index (χ0) is 21.0. The summed E-state index contributed by atoms with van der Waals surface area (Å²) in [5.74, 6) is 1.19. The Kier molecular flexibility index (Phi) is 8.30. The third-order valence-corrected chi connectivity index (χ3v) is 4.44. The van der Waals surface area contributed by atoms with Crippen LogP contribution < -0.4 is 9.47 Å². The van der Waals surface area contributed by atoms with Crippen molar-refractivity contribution in [1.29, 1.82) is 0 Å². The van der Waals surface area contributed by atoms with E-state index in [-0.39, 0.29) is 6.61 Å². The smallest absolute Gasteiger partial charge is 0.330 e. The fourth-order valence-electron chi connectivity index (χ4n) is 2.95. The first-order chi connectivity index (χ1) is 14.8. The van der Waals surface area contributed by atoms with Gasteiger partial charge in [0.05, 0.1) is 19.8 Å². The van der Waals surface area contributed by atoms with Crippen molar-refractivity contribution in [3.63, 3.8) is 0 Å². The van der Waals surface area contributed by atoms with Crippen LogP contribution in [0.5, 0.6) is 11.5 Å². The summed E-state index contributed by atoms with van der Waals surface area (Å²) in [5, 5.41) is 2.11. The van der Waals surface area contributed by atoms with Crippen molar-refractivity contribution < 1.29 is 23.7 Å².